The van der Waals surface area contributed by atoms with Crippen LogP contribution >= 0.6 is 12.4 Å². The van der Waals surface area contributed by atoms with Crippen LogP contribution in [0.4, 0.5) is 11.4 Å². The minimum absolute atomic E-state index is 0. The van der Waals surface area contributed by atoms with Crippen LogP contribution in [0.2, 0.25) is 0 Å². The monoisotopic (exact) mass is 432 g/mol. The predicted molar refractivity (Wildman–Crippen MR) is 130 cm³/mol. The molecule has 1 fully saturated rings. The molecule has 0 saturated carbocycles. The van der Waals surface area contributed by atoms with Gasteiger partial charge < -0.3 is 0 Å². The molecular formula is C27H29ClN2O. The summed E-state index contributed by atoms with van der Waals surface area (Å²) in [5.41, 5.74) is 6.43. The summed E-state index contributed by atoms with van der Waals surface area (Å²) in [5.74, 6) is 0.0735. The molecule has 0 spiro atoms. The number of amides is 1. The van der Waals surface area contributed by atoms with Crippen molar-refractivity contribution in [3.63, 3.8) is 0 Å². The molecule has 0 radical (unpaired) electrons. The highest BCUT2D eigenvalue weighted by Crippen LogP contribution is 2.37. The first kappa shape index (κ1) is 21.6. The zero-order chi connectivity index (χ0) is 20.3. The lowest BCUT2D eigenvalue weighted by Crippen LogP contribution is -2.32. The van der Waals surface area contributed by atoms with E-state index in [9.17, 15) is 4.79 Å². The summed E-state index contributed by atoms with van der Waals surface area (Å²) >= 11 is 0. The van der Waals surface area contributed by atoms with Crippen molar-refractivity contribution in [2.45, 2.75) is 38.6 Å². The fourth-order valence-corrected chi connectivity index (χ4v) is 4.84. The molecule has 4 heteroatoms. The lowest BCUT2D eigenvalue weighted by Gasteiger charge is -2.29. The van der Waals surface area contributed by atoms with Gasteiger partial charge in [0.1, 0.15) is 0 Å². The predicted octanol–water partition coefficient (Wildman–Crippen LogP) is 6.17. The lowest BCUT2D eigenvalue weighted by molar-refractivity contribution is 0.0996. The second-order valence-electron chi connectivity index (χ2n) is 8.39. The van der Waals surface area contributed by atoms with Crippen LogP contribution in [0, 0.1) is 0 Å². The van der Waals surface area contributed by atoms with Crippen LogP contribution < -0.4 is 4.90 Å². The van der Waals surface area contributed by atoms with Gasteiger partial charge in [-0.05, 0) is 73.7 Å². The molecule has 0 unspecified atom stereocenters. The van der Waals surface area contributed by atoms with Crippen LogP contribution in [0.1, 0.15) is 46.3 Å². The number of aryl methyl sites for hydroxylation is 2. The second kappa shape index (κ2) is 9.67. The summed E-state index contributed by atoms with van der Waals surface area (Å²) in [6.07, 6.45) is 5.73. The third kappa shape index (κ3) is 4.39. The Labute approximate surface area is 191 Å². The third-order valence-electron chi connectivity index (χ3n) is 6.42. The van der Waals surface area contributed by atoms with Gasteiger partial charge in [-0.3, -0.25) is 14.6 Å². The third-order valence-corrected chi connectivity index (χ3v) is 6.42. The molecule has 0 atom stereocenters. The second-order valence-corrected chi connectivity index (χ2v) is 8.39. The Morgan fingerprint density at radius 3 is 1.90 bits per heavy atom. The van der Waals surface area contributed by atoms with Gasteiger partial charge in [-0.15, -0.1) is 12.4 Å². The molecule has 0 N–H and O–H groups in total. The van der Waals surface area contributed by atoms with Crippen molar-refractivity contribution in [2.75, 3.05) is 18.0 Å². The van der Waals surface area contributed by atoms with Crippen molar-refractivity contribution in [2.24, 2.45) is 0 Å². The quantitative estimate of drug-likeness (QED) is 0.494. The Morgan fingerprint density at radius 2 is 1.26 bits per heavy atom. The molecule has 3 aromatic rings. The molecular weight excluding hydrogens is 404 g/mol. The van der Waals surface area contributed by atoms with Crippen LogP contribution in [-0.2, 0) is 19.4 Å². The summed E-state index contributed by atoms with van der Waals surface area (Å²) in [7, 11) is 0. The van der Waals surface area contributed by atoms with E-state index in [0.717, 1.165) is 55.0 Å². The van der Waals surface area contributed by atoms with E-state index in [2.05, 4.69) is 53.4 Å². The normalized spacial score (nSPS) is 15.9. The van der Waals surface area contributed by atoms with Crippen LogP contribution in [0.15, 0.2) is 72.8 Å². The van der Waals surface area contributed by atoms with Gasteiger partial charge in [-0.2, -0.15) is 0 Å². The Kier molecular flexibility index (Phi) is 6.74. The Hall–Kier alpha value is -2.62. The molecule has 1 amide bonds. The molecule has 3 aromatic carbocycles. The van der Waals surface area contributed by atoms with Crippen molar-refractivity contribution < 1.29 is 4.79 Å². The standard InChI is InChI=1S/C27H28N2O.ClH/c30-27(24-13-5-2-12-23(24)20-28-18-8-1-9-19-28)29-25-14-6-3-10-21(25)16-17-22-11-4-7-15-26(22)29;/h2-7,10-15H,1,8-9,16-20H2;1H. The summed E-state index contributed by atoms with van der Waals surface area (Å²) in [5, 5.41) is 0. The first-order valence-electron chi connectivity index (χ1n) is 11.1. The molecule has 31 heavy (non-hydrogen) atoms. The first-order chi connectivity index (χ1) is 14.8. The van der Waals surface area contributed by atoms with E-state index < -0.39 is 0 Å². The van der Waals surface area contributed by atoms with Crippen LogP contribution in [0.25, 0.3) is 0 Å². The minimum atomic E-state index is 0. The highest BCUT2D eigenvalue weighted by molar-refractivity contribution is 6.12. The van der Waals surface area contributed by atoms with Gasteiger partial charge in [0.2, 0.25) is 0 Å². The van der Waals surface area contributed by atoms with Gasteiger partial charge in [-0.25, -0.2) is 0 Å². The SMILES string of the molecule is Cl.O=C(c1ccccc1CN1CCCCC1)N1c2ccccc2CCc2ccccc21. The smallest absolute Gasteiger partial charge is 0.263 e. The van der Waals surface area contributed by atoms with E-state index in [0.29, 0.717) is 0 Å². The Bertz CT molecular complexity index is 1010. The van der Waals surface area contributed by atoms with E-state index in [-0.39, 0.29) is 18.3 Å². The van der Waals surface area contributed by atoms with Crippen LogP contribution in [-0.4, -0.2) is 23.9 Å². The molecule has 0 aliphatic carbocycles. The zero-order valence-electron chi connectivity index (χ0n) is 17.8. The molecule has 1 saturated heterocycles. The number of para-hydroxylation sites is 2. The van der Waals surface area contributed by atoms with Gasteiger partial charge in [0.15, 0.2) is 0 Å². The highest BCUT2D eigenvalue weighted by Gasteiger charge is 2.28. The molecule has 2 aliphatic rings. The number of carbonyl (C=O) groups excluding carboxylic acids is 1. The Morgan fingerprint density at radius 1 is 0.710 bits per heavy atom. The molecule has 160 valence electrons. The van der Waals surface area contributed by atoms with Crippen LogP contribution in [0.3, 0.4) is 0 Å². The molecule has 2 aliphatic heterocycles. The number of halogens is 1. The minimum Gasteiger partial charge on any atom is -0.299 e. The number of anilines is 2. The van der Waals surface area contributed by atoms with Crippen molar-refractivity contribution in [3.8, 4) is 0 Å². The number of fused-ring (bicyclic) bond motifs is 2. The topological polar surface area (TPSA) is 23.6 Å². The maximum Gasteiger partial charge on any atom is 0.263 e. The summed E-state index contributed by atoms with van der Waals surface area (Å²) in [4.78, 5) is 18.5. The fraction of sp³-hybridized carbons (Fsp3) is 0.296. The molecule has 2 heterocycles. The number of carbonyl (C=O) groups is 1. The molecule has 5 rings (SSSR count). The highest BCUT2D eigenvalue weighted by atomic mass is 35.5. The van der Waals surface area contributed by atoms with Gasteiger partial charge in [-0.1, -0.05) is 61.0 Å². The summed E-state index contributed by atoms with van der Waals surface area (Å²) in [6, 6.07) is 24.9. The van der Waals surface area contributed by atoms with Crippen molar-refractivity contribution >= 4 is 29.7 Å². The van der Waals surface area contributed by atoms with E-state index in [1.165, 1.54) is 30.4 Å². The van der Waals surface area contributed by atoms with Gasteiger partial charge >= 0.3 is 0 Å². The fourth-order valence-electron chi connectivity index (χ4n) is 4.84. The number of hydrogen-bond acceptors (Lipinski definition) is 2. The maximum atomic E-state index is 14.0. The average molecular weight is 433 g/mol. The number of rotatable bonds is 3. The van der Waals surface area contributed by atoms with E-state index >= 15 is 0 Å². The summed E-state index contributed by atoms with van der Waals surface area (Å²) < 4.78 is 0. The number of benzene rings is 3. The van der Waals surface area contributed by atoms with E-state index in [4.69, 9.17) is 0 Å². The van der Waals surface area contributed by atoms with Gasteiger partial charge in [0, 0.05) is 12.1 Å². The van der Waals surface area contributed by atoms with Crippen molar-refractivity contribution in [1.82, 2.24) is 4.90 Å². The van der Waals surface area contributed by atoms with Crippen molar-refractivity contribution in [3.05, 3.63) is 95.1 Å². The Balaban J connectivity index is 0.00000231. The van der Waals surface area contributed by atoms with E-state index in [1.54, 1.807) is 0 Å². The maximum absolute atomic E-state index is 14.0. The van der Waals surface area contributed by atoms with Gasteiger partial charge in [0.25, 0.3) is 5.91 Å². The lowest BCUT2D eigenvalue weighted by atomic mass is 10.0. The largest absolute Gasteiger partial charge is 0.299 e. The molecule has 0 bridgehead atoms. The van der Waals surface area contributed by atoms with E-state index in [1.807, 2.05) is 29.2 Å². The molecule has 3 nitrogen and oxygen atoms in total. The zero-order valence-corrected chi connectivity index (χ0v) is 18.6. The van der Waals surface area contributed by atoms with Gasteiger partial charge in [0.05, 0.1) is 11.4 Å². The number of likely N-dealkylation sites (tertiary alicyclic amines) is 1. The number of hydrogen-bond donors (Lipinski definition) is 0. The molecule has 0 aromatic heterocycles. The van der Waals surface area contributed by atoms with Crippen LogP contribution in [0.5, 0.6) is 0 Å². The average Bonchev–Trinajstić information content (AvgIpc) is 2.97. The number of nitrogens with zero attached hydrogens (tertiary/aromatic N) is 2. The first-order valence-corrected chi connectivity index (χ1v) is 11.1. The summed E-state index contributed by atoms with van der Waals surface area (Å²) in [6.45, 7) is 3.09. The van der Waals surface area contributed by atoms with Crippen molar-refractivity contribution in [1.29, 1.82) is 0 Å². The number of piperidine rings is 1.